The minimum Gasteiger partial charge on any atom is -0.511 e. The molecule has 0 aromatic carbocycles. The molecule has 110 valence electrons. The summed E-state index contributed by atoms with van der Waals surface area (Å²) in [6, 6.07) is 1.76. The fourth-order valence-corrected chi connectivity index (χ4v) is 2.94. The Labute approximate surface area is 115 Å². The van der Waals surface area contributed by atoms with Crippen molar-refractivity contribution in [3.05, 3.63) is 11.1 Å². The molecule has 6 heteroatoms. The third kappa shape index (κ3) is 6.24. The van der Waals surface area contributed by atoms with Crippen molar-refractivity contribution >= 4 is 7.60 Å². The highest BCUT2D eigenvalue weighted by Crippen LogP contribution is 2.57. The van der Waals surface area contributed by atoms with E-state index in [1.807, 2.05) is 13.8 Å². The molecule has 19 heavy (non-hydrogen) atoms. The van der Waals surface area contributed by atoms with Gasteiger partial charge in [0, 0.05) is 6.42 Å². The Balaban J connectivity index is 5.02. The summed E-state index contributed by atoms with van der Waals surface area (Å²) in [5.74, 6) is -0.223. The summed E-state index contributed by atoms with van der Waals surface area (Å²) in [5, 5.41) is 18.5. The van der Waals surface area contributed by atoms with Crippen LogP contribution in [0.4, 0.5) is 0 Å². The topological polar surface area (TPSA) is 79.5 Å². The zero-order chi connectivity index (χ0) is 14.7. The van der Waals surface area contributed by atoms with Gasteiger partial charge in [0.1, 0.15) is 11.8 Å². The molecule has 0 aromatic heterocycles. The van der Waals surface area contributed by atoms with E-state index >= 15 is 0 Å². The zero-order valence-electron chi connectivity index (χ0n) is 12.0. The maximum atomic E-state index is 12.6. The molecule has 5 nitrogen and oxygen atoms in total. The number of nitriles is 1. The van der Waals surface area contributed by atoms with Gasteiger partial charge < -0.3 is 14.2 Å². The van der Waals surface area contributed by atoms with E-state index in [2.05, 4.69) is 0 Å². The predicted molar refractivity (Wildman–Crippen MR) is 74.9 cm³/mol. The van der Waals surface area contributed by atoms with Gasteiger partial charge in [-0.15, -0.1) is 0 Å². The number of aliphatic hydroxyl groups excluding tert-OH is 1. The average molecular weight is 289 g/mol. The molecule has 1 N–H and O–H groups in total. The Morgan fingerprint density at radius 1 is 1.16 bits per heavy atom. The Morgan fingerprint density at radius 2 is 1.63 bits per heavy atom. The second-order valence-corrected chi connectivity index (χ2v) is 6.09. The van der Waals surface area contributed by atoms with Gasteiger partial charge in [0.15, 0.2) is 5.31 Å². The Bertz CT molecular complexity index is 359. The third-order valence-electron chi connectivity index (χ3n) is 2.51. The lowest BCUT2D eigenvalue weighted by molar-refractivity contribution is 0.205. The molecule has 0 fully saturated rings. The molecule has 0 spiro atoms. The molecular formula is C13H24NO4P. The van der Waals surface area contributed by atoms with Gasteiger partial charge in [-0.1, -0.05) is 33.6 Å². The maximum Gasteiger partial charge on any atom is 0.375 e. The molecule has 0 aromatic rings. The number of aliphatic hydroxyl groups is 1. The van der Waals surface area contributed by atoms with Crippen molar-refractivity contribution in [2.24, 2.45) is 0 Å². The molecule has 0 aliphatic heterocycles. The summed E-state index contributed by atoms with van der Waals surface area (Å²) in [7, 11) is -3.69. The van der Waals surface area contributed by atoms with Crippen LogP contribution in [0.2, 0.25) is 0 Å². The van der Waals surface area contributed by atoms with Crippen molar-refractivity contribution < 1.29 is 18.7 Å². The smallest absolute Gasteiger partial charge is 0.375 e. The van der Waals surface area contributed by atoms with Gasteiger partial charge in [-0.2, -0.15) is 5.26 Å². The first-order chi connectivity index (χ1) is 9.05. The molecule has 0 atom stereocenters. The van der Waals surface area contributed by atoms with Crippen LogP contribution in [0, 0.1) is 11.3 Å². The Hall–Kier alpha value is -0.820. The summed E-state index contributed by atoms with van der Waals surface area (Å²) in [6.45, 7) is 6.15. The molecule has 0 saturated heterocycles. The molecule has 0 heterocycles. The van der Waals surface area contributed by atoms with E-state index in [1.165, 1.54) is 0 Å². The molecule has 0 saturated carbocycles. The Kier molecular flexibility index (Phi) is 9.59. The van der Waals surface area contributed by atoms with Crippen molar-refractivity contribution in [3.63, 3.8) is 0 Å². The summed E-state index contributed by atoms with van der Waals surface area (Å²) in [6.07, 6.45) is 3.46. The number of hydrogen-bond acceptors (Lipinski definition) is 5. The number of nitrogens with zero attached hydrogens (tertiary/aromatic N) is 1. The molecule has 0 bridgehead atoms. The predicted octanol–water partition coefficient (Wildman–Crippen LogP) is 4.52. The largest absolute Gasteiger partial charge is 0.511 e. The lowest BCUT2D eigenvalue weighted by Gasteiger charge is -2.18. The van der Waals surface area contributed by atoms with E-state index in [1.54, 1.807) is 13.0 Å². The van der Waals surface area contributed by atoms with Crippen molar-refractivity contribution in [1.82, 2.24) is 0 Å². The van der Waals surface area contributed by atoms with Gasteiger partial charge in [0.05, 0.1) is 13.2 Å². The molecule has 0 amide bonds. The molecule has 0 aliphatic rings. The molecular weight excluding hydrogens is 265 g/mol. The summed E-state index contributed by atoms with van der Waals surface area (Å²) in [4.78, 5) is 0. The lowest BCUT2D eigenvalue weighted by Crippen LogP contribution is -2.03. The van der Waals surface area contributed by atoms with Crippen LogP contribution in [0.3, 0.4) is 0 Å². The monoisotopic (exact) mass is 289 g/mol. The van der Waals surface area contributed by atoms with Crippen molar-refractivity contribution in [1.29, 1.82) is 5.26 Å². The third-order valence-corrected chi connectivity index (χ3v) is 4.46. The van der Waals surface area contributed by atoms with E-state index in [0.29, 0.717) is 0 Å². The van der Waals surface area contributed by atoms with Gasteiger partial charge in [-0.25, -0.2) is 0 Å². The van der Waals surface area contributed by atoms with Crippen molar-refractivity contribution in [3.8, 4) is 6.07 Å². The minimum absolute atomic E-state index is 0.223. The highest BCUT2D eigenvalue weighted by atomic mass is 31.2. The Morgan fingerprint density at radius 3 is 1.95 bits per heavy atom. The second kappa shape index (κ2) is 10.0. The zero-order valence-corrected chi connectivity index (χ0v) is 12.9. The van der Waals surface area contributed by atoms with Gasteiger partial charge in [0.25, 0.3) is 0 Å². The summed E-state index contributed by atoms with van der Waals surface area (Å²) < 4.78 is 23.2. The van der Waals surface area contributed by atoms with Crippen LogP contribution in [0.25, 0.3) is 0 Å². The lowest BCUT2D eigenvalue weighted by atomic mass is 10.4. The summed E-state index contributed by atoms with van der Waals surface area (Å²) in [5.41, 5.74) is 0. The molecule has 0 rings (SSSR count). The first kappa shape index (κ1) is 18.2. The van der Waals surface area contributed by atoms with Crippen LogP contribution < -0.4 is 0 Å². The maximum absolute atomic E-state index is 12.6. The fourth-order valence-electron chi connectivity index (χ4n) is 1.28. The van der Waals surface area contributed by atoms with E-state index in [4.69, 9.17) is 14.3 Å². The number of hydrogen-bond donors (Lipinski definition) is 1. The second-order valence-electron chi connectivity index (χ2n) is 4.13. The van der Waals surface area contributed by atoms with Crippen molar-refractivity contribution in [2.45, 2.75) is 52.9 Å². The number of unbranched alkanes of at least 4 members (excludes halogenated alkanes) is 2. The summed E-state index contributed by atoms with van der Waals surface area (Å²) >= 11 is 0. The van der Waals surface area contributed by atoms with Crippen LogP contribution in [-0.2, 0) is 13.6 Å². The van der Waals surface area contributed by atoms with E-state index in [9.17, 15) is 9.67 Å². The van der Waals surface area contributed by atoms with Crippen molar-refractivity contribution in [2.75, 3.05) is 13.2 Å². The first-order valence-corrected chi connectivity index (χ1v) is 8.31. The van der Waals surface area contributed by atoms with Gasteiger partial charge >= 0.3 is 7.60 Å². The van der Waals surface area contributed by atoms with E-state index in [0.717, 1.165) is 25.7 Å². The van der Waals surface area contributed by atoms with E-state index < -0.39 is 7.60 Å². The standard InChI is InChI=1S/C13H24NO4P/c1-4-7-9-17-19(16,18-10-8-5-2)13(11-14)12(15)6-3/h15H,4-10H2,1-3H3/b13-12-. The highest BCUT2D eigenvalue weighted by molar-refractivity contribution is 7.58. The fraction of sp³-hybridized carbons (Fsp3) is 0.769. The van der Waals surface area contributed by atoms with Crippen LogP contribution >= 0.6 is 7.60 Å². The van der Waals surface area contributed by atoms with Crippen LogP contribution in [0.5, 0.6) is 0 Å². The molecule has 0 unspecified atom stereocenters. The average Bonchev–Trinajstić information content (AvgIpc) is 2.40. The van der Waals surface area contributed by atoms with E-state index in [-0.39, 0.29) is 30.7 Å². The quantitative estimate of drug-likeness (QED) is 0.277. The highest BCUT2D eigenvalue weighted by Gasteiger charge is 2.33. The van der Waals surface area contributed by atoms with Gasteiger partial charge in [-0.3, -0.25) is 4.57 Å². The van der Waals surface area contributed by atoms with Gasteiger partial charge in [-0.05, 0) is 12.8 Å². The normalized spacial score (nSPS) is 12.9. The van der Waals surface area contributed by atoms with Crippen LogP contribution in [0.15, 0.2) is 11.1 Å². The first-order valence-electron chi connectivity index (χ1n) is 6.77. The molecule has 0 radical (unpaired) electrons. The minimum atomic E-state index is -3.69. The van der Waals surface area contributed by atoms with Crippen LogP contribution in [0.1, 0.15) is 52.9 Å². The molecule has 0 aliphatic carbocycles. The SMILES string of the molecule is CCCCOP(=O)(OCCCC)/C(C#N)=C(\O)CC. The number of allylic oxidation sites excluding steroid dienone is 2. The van der Waals surface area contributed by atoms with Gasteiger partial charge in [0.2, 0.25) is 0 Å². The number of rotatable bonds is 10. The van der Waals surface area contributed by atoms with Crippen LogP contribution in [-0.4, -0.2) is 18.3 Å².